The van der Waals surface area contributed by atoms with E-state index in [0.29, 0.717) is 29.9 Å². The lowest BCUT2D eigenvalue weighted by Crippen LogP contribution is -2.27. The molecule has 5 nitrogen and oxygen atoms in total. The Balaban J connectivity index is 0.000000235. The first-order chi connectivity index (χ1) is 10.6. The zero-order chi connectivity index (χ0) is 16.4. The van der Waals surface area contributed by atoms with Crippen LogP contribution in [0.3, 0.4) is 0 Å². The van der Waals surface area contributed by atoms with Crippen LogP contribution >= 0.6 is 0 Å². The molecule has 1 aliphatic rings. The summed E-state index contributed by atoms with van der Waals surface area (Å²) < 4.78 is 0. The minimum atomic E-state index is -0.167. The van der Waals surface area contributed by atoms with Gasteiger partial charge in [0.25, 0.3) is 0 Å². The van der Waals surface area contributed by atoms with Crippen LogP contribution in [0.1, 0.15) is 33.6 Å². The van der Waals surface area contributed by atoms with Gasteiger partial charge in [0, 0.05) is 19.0 Å². The Hall–Kier alpha value is -2.14. The third kappa shape index (κ3) is 6.54. The largest absolute Gasteiger partial charge is 0.327 e. The highest BCUT2D eigenvalue weighted by Gasteiger charge is 2.11. The van der Waals surface area contributed by atoms with E-state index in [9.17, 15) is 9.59 Å². The number of para-hydroxylation sites is 2. The Labute approximate surface area is 132 Å². The summed E-state index contributed by atoms with van der Waals surface area (Å²) in [5.41, 5.74) is 1.19. The zero-order valence-corrected chi connectivity index (χ0v) is 13.4. The van der Waals surface area contributed by atoms with Crippen LogP contribution in [0.4, 0.5) is 11.4 Å². The van der Waals surface area contributed by atoms with Crippen molar-refractivity contribution in [2.24, 2.45) is 0 Å². The average molecular weight is 303 g/mol. The van der Waals surface area contributed by atoms with E-state index >= 15 is 0 Å². The highest BCUT2D eigenvalue weighted by atomic mass is 16.1. The molecule has 3 N–H and O–H groups in total. The molecule has 0 aromatic heterocycles. The van der Waals surface area contributed by atoms with Crippen molar-refractivity contribution in [1.29, 1.82) is 0 Å². The first-order valence-corrected chi connectivity index (χ1v) is 7.58. The van der Waals surface area contributed by atoms with Crippen LogP contribution in [-0.4, -0.2) is 24.4 Å². The maximum atomic E-state index is 10.7. The lowest BCUT2D eigenvalue weighted by atomic mass is 10.2. The summed E-state index contributed by atoms with van der Waals surface area (Å²) in [4.78, 5) is 20.9. The van der Waals surface area contributed by atoms with E-state index in [-0.39, 0.29) is 5.91 Å². The van der Waals surface area contributed by atoms with Crippen LogP contribution in [0, 0.1) is 0 Å². The molecule has 0 bridgehead atoms. The SMILES string of the molecule is CC(=O)Nc1ccccc1NC=O.CCCC1C=CC(C)N1. The molecule has 0 saturated carbocycles. The molecular weight excluding hydrogens is 278 g/mol. The van der Waals surface area contributed by atoms with Gasteiger partial charge in [0.2, 0.25) is 12.3 Å². The zero-order valence-electron chi connectivity index (χ0n) is 13.4. The van der Waals surface area contributed by atoms with Gasteiger partial charge in [0.05, 0.1) is 11.4 Å². The third-order valence-electron chi connectivity index (χ3n) is 3.16. The summed E-state index contributed by atoms with van der Waals surface area (Å²) in [6.07, 6.45) is 7.63. The third-order valence-corrected chi connectivity index (χ3v) is 3.16. The molecule has 2 rings (SSSR count). The Morgan fingerprint density at radius 2 is 1.95 bits per heavy atom. The highest BCUT2D eigenvalue weighted by Crippen LogP contribution is 2.19. The molecule has 2 unspecified atom stereocenters. The van der Waals surface area contributed by atoms with Gasteiger partial charge >= 0.3 is 0 Å². The lowest BCUT2D eigenvalue weighted by molar-refractivity contribution is -0.114. The fourth-order valence-electron chi connectivity index (χ4n) is 2.21. The number of benzene rings is 1. The molecule has 0 aliphatic carbocycles. The average Bonchev–Trinajstić information content (AvgIpc) is 2.87. The number of anilines is 2. The van der Waals surface area contributed by atoms with Gasteiger partial charge in [-0.3, -0.25) is 9.59 Å². The quantitative estimate of drug-likeness (QED) is 0.578. The van der Waals surface area contributed by atoms with Gasteiger partial charge in [0.1, 0.15) is 0 Å². The molecular formula is C17H25N3O2. The minimum absolute atomic E-state index is 0.167. The molecule has 2 amide bonds. The summed E-state index contributed by atoms with van der Waals surface area (Å²) in [7, 11) is 0. The highest BCUT2D eigenvalue weighted by molar-refractivity contribution is 5.94. The fourth-order valence-corrected chi connectivity index (χ4v) is 2.21. The molecule has 1 aliphatic heterocycles. The van der Waals surface area contributed by atoms with Gasteiger partial charge in [-0.15, -0.1) is 0 Å². The van der Waals surface area contributed by atoms with Crippen molar-refractivity contribution in [3.63, 3.8) is 0 Å². The minimum Gasteiger partial charge on any atom is -0.327 e. The van der Waals surface area contributed by atoms with Gasteiger partial charge in [-0.2, -0.15) is 0 Å². The number of carbonyl (C=O) groups excluding carboxylic acids is 2. The van der Waals surface area contributed by atoms with Gasteiger partial charge in [-0.1, -0.05) is 37.6 Å². The number of rotatable bonds is 5. The van der Waals surface area contributed by atoms with E-state index in [1.54, 1.807) is 24.3 Å². The summed E-state index contributed by atoms with van der Waals surface area (Å²) >= 11 is 0. The molecule has 1 aromatic rings. The molecule has 0 saturated heterocycles. The van der Waals surface area contributed by atoms with Crippen molar-refractivity contribution in [3.05, 3.63) is 36.4 Å². The molecule has 22 heavy (non-hydrogen) atoms. The van der Waals surface area contributed by atoms with Crippen LogP contribution in [-0.2, 0) is 9.59 Å². The second-order valence-electron chi connectivity index (χ2n) is 5.22. The molecule has 0 spiro atoms. The first kappa shape index (κ1) is 17.9. The normalized spacial score (nSPS) is 19.0. The van der Waals surface area contributed by atoms with Gasteiger partial charge in [0.15, 0.2) is 0 Å². The first-order valence-electron chi connectivity index (χ1n) is 7.58. The summed E-state index contributed by atoms with van der Waals surface area (Å²) in [6.45, 7) is 5.82. The van der Waals surface area contributed by atoms with Crippen molar-refractivity contribution in [2.45, 2.75) is 45.7 Å². The van der Waals surface area contributed by atoms with E-state index in [2.05, 4.69) is 41.9 Å². The Kier molecular flexibility index (Phi) is 7.92. The van der Waals surface area contributed by atoms with Crippen LogP contribution in [0.5, 0.6) is 0 Å². The topological polar surface area (TPSA) is 70.2 Å². The lowest BCUT2D eigenvalue weighted by Gasteiger charge is -2.08. The monoisotopic (exact) mass is 303 g/mol. The Morgan fingerprint density at radius 3 is 2.45 bits per heavy atom. The van der Waals surface area contributed by atoms with E-state index in [1.807, 2.05) is 0 Å². The standard InChI is InChI=1S/C9H10N2O2.C8H15N/c1-7(13)11-9-5-3-2-4-8(9)10-6-12;1-3-4-8-6-5-7(2)9-8/h2-6H,1H3,(H,10,12)(H,11,13);5-9H,3-4H2,1-2H3. The maximum absolute atomic E-state index is 10.7. The van der Waals surface area contributed by atoms with Gasteiger partial charge < -0.3 is 16.0 Å². The summed E-state index contributed by atoms with van der Waals surface area (Å²) in [5, 5.41) is 8.53. The van der Waals surface area contributed by atoms with Crippen molar-refractivity contribution in [2.75, 3.05) is 10.6 Å². The number of hydrogen-bond donors (Lipinski definition) is 3. The van der Waals surface area contributed by atoms with Crippen molar-refractivity contribution in [3.8, 4) is 0 Å². The number of amides is 2. The second kappa shape index (κ2) is 9.73. The van der Waals surface area contributed by atoms with Crippen LogP contribution in [0.2, 0.25) is 0 Å². The van der Waals surface area contributed by atoms with Crippen molar-refractivity contribution < 1.29 is 9.59 Å². The molecule has 1 heterocycles. The molecule has 120 valence electrons. The molecule has 1 aromatic carbocycles. The smallest absolute Gasteiger partial charge is 0.221 e. The van der Waals surface area contributed by atoms with Crippen LogP contribution in [0.25, 0.3) is 0 Å². The number of nitrogens with one attached hydrogen (secondary N) is 3. The summed E-state index contributed by atoms with van der Waals surface area (Å²) in [6, 6.07) is 8.23. The molecule has 0 radical (unpaired) electrons. The molecule has 0 fully saturated rings. The summed E-state index contributed by atoms with van der Waals surface area (Å²) in [5.74, 6) is -0.167. The van der Waals surface area contributed by atoms with E-state index in [1.165, 1.54) is 19.8 Å². The predicted octanol–water partition coefficient (Wildman–Crippen LogP) is 2.92. The van der Waals surface area contributed by atoms with Gasteiger partial charge in [-0.05, 0) is 25.5 Å². The predicted molar refractivity (Wildman–Crippen MR) is 90.9 cm³/mol. The Bertz CT molecular complexity index is 514. The maximum Gasteiger partial charge on any atom is 0.221 e. The second-order valence-corrected chi connectivity index (χ2v) is 5.22. The number of carbonyl (C=O) groups is 2. The van der Waals surface area contributed by atoms with Crippen LogP contribution < -0.4 is 16.0 Å². The molecule has 5 heteroatoms. The van der Waals surface area contributed by atoms with Crippen LogP contribution in [0.15, 0.2) is 36.4 Å². The van der Waals surface area contributed by atoms with Crippen molar-refractivity contribution in [1.82, 2.24) is 5.32 Å². The number of hydrogen-bond acceptors (Lipinski definition) is 3. The Morgan fingerprint density at radius 1 is 1.27 bits per heavy atom. The van der Waals surface area contributed by atoms with E-state index in [0.717, 1.165) is 0 Å². The van der Waals surface area contributed by atoms with Gasteiger partial charge in [-0.25, -0.2) is 0 Å². The van der Waals surface area contributed by atoms with E-state index < -0.39 is 0 Å². The molecule has 2 atom stereocenters. The van der Waals surface area contributed by atoms with Crippen molar-refractivity contribution >= 4 is 23.7 Å². The fraction of sp³-hybridized carbons (Fsp3) is 0.412. The van der Waals surface area contributed by atoms with E-state index in [4.69, 9.17) is 0 Å².